The molecule has 0 N–H and O–H groups in total. The van der Waals surface area contributed by atoms with Crippen molar-refractivity contribution in [3.63, 3.8) is 0 Å². The summed E-state index contributed by atoms with van der Waals surface area (Å²) >= 11 is 0. The first-order chi connectivity index (χ1) is 20.1. The molecule has 6 rings (SSSR count). The van der Waals surface area contributed by atoms with Gasteiger partial charge in [0.1, 0.15) is 5.60 Å². The topological polar surface area (TPSA) is 21.8 Å². The third kappa shape index (κ3) is 5.32. The second kappa shape index (κ2) is 11.3. The monoisotopic (exact) mass is 530 g/mol. The zero-order valence-electron chi connectivity index (χ0n) is 23.0. The summed E-state index contributed by atoms with van der Waals surface area (Å²) in [6, 6.07) is 51.0. The molecule has 0 bridgehead atoms. The van der Waals surface area contributed by atoms with Gasteiger partial charge < -0.3 is 9.47 Å². The third-order valence-corrected chi connectivity index (χ3v) is 7.54. The summed E-state index contributed by atoms with van der Waals surface area (Å²) in [6.07, 6.45) is 0. The molecule has 0 amide bonds. The molecule has 0 spiro atoms. The van der Waals surface area contributed by atoms with Gasteiger partial charge in [-0.15, -0.1) is 0 Å². The fraction of sp³-hybridized carbons (Fsp3) is 0.128. The van der Waals surface area contributed by atoms with Crippen molar-refractivity contribution in [3.05, 3.63) is 179 Å². The molecule has 2 atom stereocenters. The Hall–Kier alpha value is -4.86. The zero-order chi connectivity index (χ0) is 28.0. The normalized spacial score (nSPS) is 19.2. The van der Waals surface area contributed by atoms with Gasteiger partial charge in [-0.2, -0.15) is 0 Å². The number of hydrogen-bond donors (Lipinski definition) is 0. The largest absolute Gasteiger partial charge is 0.357 e. The molecular weight excluding hydrogens is 500 g/mol. The van der Waals surface area contributed by atoms with Crippen molar-refractivity contribution in [2.45, 2.75) is 23.7 Å². The minimum absolute atomic E-state index is 0.214. The maximum absolute atomic E-state index is 7.16. The second-order valence-electron chi connectivity index (χ2n) is 10.3. The van der Waals surface area contributed by atoms with E-state index in [1.54, 1.807) is 0 Å². The molecule has 5 aromatic carbocycles. The SMILES string of the molecule is C[C@]1(C#Cc2ccccc2)O[C@@]1(C#Cc1ccccc1)COC(c1ccccc1)(c1ccccc1)c1ccccc1. The van der Waals surface area contributed by atoms with E-state index in [1.807, 2.05) is 122 Å². The molecule has 1 fully saturated rings. The van der Waals surface area contributed by atoms with E-state index in [2.05, 4.69) is 60.1 Å². The van der Waals surface area contributed by atoms with Gasteiger partial charge >= 0.3 is 0 Å². The van der Waals surface area contributed by atoms with Crippen LogP contribution in [-0.2, 0) is 15.1 Å². The summed E-state index contributed by atoms with van der Waals surface area (Å²) in [6.45, 7) is 2.21. The number of ether oxygens (including phenoxy) is 2. The molecule has 1 saturated heterocycles. The predicted molar refractivity (Wildman–Crippen MR) is 164 cm³/mol. The molecule has 0 radical (unpaired) electrons. The Morgan fingerprint density at radius 3 is 1.32 bits per heavy atom. The highest BCUT2D eigenvalue weighted by Crippen LogP contribution is 2.50. The Kier molecular flexibility index (Phi) is 7.28. The van der Waals surface area contributed by atoms with Crippen molar-refractivity contribution in [2.24, 2.45) is 0 Å². The van der Waals surface area contributed by atoms with Crippen LogP contribution in [0, 0.1) is 23.7 Å². The van der Waals surface area contributed by atoms with Gasteiger partial charge in [0.15, 0.2) is 11.2 Å². The molecule has 41 heavy (non-hydrogen) atoms. The fourth-order valence-corrected chi connectivity index (χ4v) is 5.18. The van der Waals surface area contributed by atoms with Crippen molar-refractivity contribution in [1.82, 2.24) is 0 Å². The lowest BCUT2D eigenvalue weighted by atomic mass is 9.80. The summed E-state index contributed by atoms with van der Waals surface area (Å²) in [4.78, 5) is 0. The smallest absolute Gasteiger partial charge is 0.194 e. The molecule has 0 saturated carbocycles. The maximum Gasteiger partial charge on any atom is 0.194 e. The first-order valence-corrected chi connectivity index (χ1v) is 13.8. The molecule has 2 heteroatoms. The van der Waals surface area contributed by atoms with E-state index in [1.165, 1.54) is 0 Å². The summed E-state index contributed by atoms with van der Waals surface area (Å²) in [7, 11) is 0. The van der Waals surface area contributed by atoms with E-state index in [9.17, 15) is 0 Å². The summed E-state index contributed by atoms with van der Waals surface area (Å²) in [5.41, 5.74) is 2.33. The zero-order valence-corrected chi connectivity index (χ0v) is 23.0. The summed E-state index contributed by atoms with van der Waals surface area (Å²) < 4.78 is 13.6. The van der Waals surface area contributed by atoms with Gasteiger partial charge in [0.2, 0.25) is 0 Å². The lowest BCUT2D eigenvalue weighted by Crippen LogP contribution is -2.38. The van der Waals surface area contributed by atoms with Crippen molar-refractivity contribution in [1.29, 1.82) is 0 Å². The van der Waals surface area contributed by atoms with Crippen LogP contribution in [0.5, 0.6) is 0 Å². The quantitative estimate of drug-likeness (QED) is 0.128. The Bertz CT molecular complexity index is 1610. The minimum Gasteiger partial charge on any atom is -0.357 e. The molecule has 2 nitrogen and oxygen atoms in total. The molecule has 5 aromatic rings. The molecule has 0 aromatic heterocycles. The third-order valence-electron chi connectivity index (χ3n) is 7.54. The van der Waals surface area contributed by atoms with Crippen molar-refractivity contribution in [2.75, 3.05) is 6.61 Å². The summed E-state index contributed by atoms with van der Waals surface area (Å²) in [5.74, 6) is 13.4. The first kappa shape index (κ1) is 26.4. The van der Waals surface area contributed by atoms with Crippen molar-refractivity contribution >= 4 is 0 Å². The number of benzene rings is 5. The van der Waals surface area contributed by atoms with E-state index >= 15 is 0 Å². The van der Waals surface area contributed by atoms with Gasteiger partial charge in [-0.05, 0) is 47.9 Å². The maximum atomic E-state index is 7.16. The number of epoxide rings is 1. The lowest BCUT2D eigenvalue weighted by molar-refractivity contribution is -0.00654. The highest BCUT2D eigenvalue weighted by molar-refractivity contribution is 5.50. The average Bonchev–Trinajstić information content (AvgIpc) is 3.65. The Balaban J connectivity index is 1.45. The van der Waals surface area contributed by atoms with E-state index in [4.69, 9.17) is 9.47 Å². The van der Waals surface area contributed by atoms with Crippen LogP contribution >= 0.6 is 0 Å². The predicted octanol–water partition coefficient (Wildman–Crippen LogP) is 7.63. The Labute approximate surface area is 242 Å². The standard InChI is InChI=1S/C39H30O2/c1-37(29-27-32-17-7-2-8-18-32)38(41-37,30-28-33-19-9-3-10-20-33)31-40-39(34-21-11-4-12-22-34,35-23-13-5-14-24-35)36-25-15-6-16-26-36/h2-26H,31H2,1H3/t37-,38+/m1/s1. The van der Waals surface area contributed by atoms with Crippen LogP contribution in [-0.4, -0.2) is 17.8 Å². The van der Waals surface area contributed by atoms with Crippen LogP contribution in [0.3, 0.4) is 0 Å². The number of hydrogen-bond acceptors (Lipinski definition) is 2. The molecule has 0 unspecified atom stereocenters. The van der Waals surface area contributed by atoms with E-state index in [0.717, 1.165) is 27.8 Å². The second-order valence-corrected chi connectivity index (χ2v) is 10.3. The average molecular weight is 531 g/mol. The Morgan fingerprint density at radius 2 is 0.902 bits per heavy atom. The van der Waals surface area contributed by atoms with Crippen molar-refractivity contribution < 1.29 is 9.47 Å². The van der Waals surface area contributed by atoms with E-state index in [-0.39, 0.29) is 6.61 Å². The Morgan fingerprint density at radius 1 is 0.537 bits per heavy atom. The van der Waals surface area contributed by atoms with Gasteiger partial charge in [-0.3, -0.25) is 0 Å². The van der Waals surface area contributed by atoms with Crippen LogP contribution < -0.4 is 0 Å². The van der Waals surface area contributed by atoms with Gasteiger partial charge in [0, 0.05) is 11.1 Å². The van der Waals surface area contributed by atoms with Crippen LogP contribution in [0.2, 0.25) is 0 Å². The van der Waals surface area contributed by atoms with Gasteiger partial charge in [0.05, 0.1) is 6.61 Å². The molecule has 0 aliphatic carbocycles. The highest BCUT2D eigenvalue weighted by Gasteiger charge is 2.67. The molecule has 1 aliphatic heterocycles. The first-order valence-electron chi connectivity index (χ1n) is 13.8. The van der Waals surface area contributed by atoms with Gasteiger partial charge in [0.25, 0.3) is 0 Å². The van der Waals surface area contributed by atoms with Crippen LogP contribution in [0.4, 0.5) is 0 Å². The number of rotatable bonds is 6. The molecule has 1 heterocycles. The van der Waals surface area contributed by atoms with Gasteiger partial charge in [-0.25, -0.2) is 0 Å². The lowest BCUT2D eigenvalue weighted by Gasteiger charge is -2.36. The fourth-order valence-electron chi connectivity index (χ4n) is 5.18. The molecule has 1 aliphatic rings. The minimum atomic E-state index is -0.922. The summed E-state index contributed by atoms with van der Waals surface area (Å²) in [5, 5.41) is 0. The van der Waals surface area contributed by atoms with Crippen LogP contribution in [0.1, 0.15) is 34.7 Å². The highest BCUT2D eigenvalue weighted by atomic mass is 16.7. The van der Waals surface area contributed by atoms with E-state index < -0.39 is 16.8 Å². The van der Waals surface area contributed by atoms with Crippen LogP contribution in [0.25, 0.3) is 0 Å². The van der Waals surface area contributed by atoms with Crippen molar-refractivity contribution in [3.8, 4) is 23.7 Å². The van der Waals surface area contributed by atoms with Gasteiger partial charge in [-0.1, -0.05) is 151 Å². The van der Waals surface area contributed by atoms with Crippen LogP contribution in [0.15, 0.2) is 152 Å². The van der Waals surface area contributed by atoms with E-state index in [0.29, 0.717) is 0 Å². The molecular formula is C39H30O2. The molecule has 198 valence electrons.